The second-order valence-corrected chi connectivity index (χ2v) is 22.5. The number of rotatable bonds is 3. The van der Waals surface area contributed by atoms with Gasteiger partial charge in [-0.15, -0.1) is 11.3 Å². The smallest absolute Gasteiger partial charge is 0.248 e. The Kier molecular flexibility index (Phi) is 8.16. The lowest BCUT2D eigenvalue weighted by molar-refractivity contribution is 0.590. The first-order valence-corrected chi connectivity index (χ1v) is 24.4. The van der Waals surface area contributed by atoms with Crippen LogP contribution in [0.25, 0.3) is 54.0 Å². The van der Waals surface area contributed by atoms with E-state index in [9.17, 15) is 0 Å². The van der Waals surface area contributed by atoms with Crippen molar-refractivity contribution in [3.63, 3.8) is 0 Å². The highest BCUT2D eigenvalue weighted by molar-refractivity contribution is 7.20. The number of hydrogen-bond acceptors (Lipinski definition) is 3. The van der Waals surface area contributed by atoms with E-state index >= 15 is 0 Å². The van der Waals surface area contributed by atoms with Gasteiger partial charge in [0.1, 0.15) is 0 Å². The fourth-order valence-electron chi connectivity index (χ4n) is 11.7. The number of benzene rings is 8. The van der Waals surface area contributed by atoms with Crippen LogP contribution in [0.15, 0.2) is 175 Å². The molecular weight excluding hydrogens is 818 g/mol. The predicted molar refractivity (Wildman–Crippen MR) is 286 cm³/mol. The minimum atomic E-state index is -0.236. The molecule has 0 N–H and O–H groups in total. The van der Waals surface area contributed by atoms with Crippen molar-refractivity contribution < 1.29 is 0 Å². The summed E-state index contributed by atoms with van der Waals surface area (Å²) in [5.74, 6) is 0. The van der Waals surface area contributed by atoms with Crippen LogP contribution in [-0.2, 0) is 16.2 Å². The van der Waals surface area contributed by atoms with Crippen LogP contribution < -0.4 is 20.7 Å². The molecule has 8 aromatic carbocycles. The van der Waals surface area contributed by atoms with E-state index in [1.165, 1.54) is 109 Å². The number of aromatic nitrogens is 1. The Balaban J connectivity index is 1.13. The molecule has 0 fully saturated rings. The topological polar surface area (TPSA) is 11.4 Å². The Labute approximate surface area is 392 Å². The highest BCUT2D eigenvalue weighted by Gasteiger charge is 2.54. The van der Waals surface area contributed by atoms with Gasteiger partial charge in [-0.05, 0) is 123 Å². The zero-order chi connectivity index (χ0) is 45.0. The third kappa shape index (κ3) is 5.50. The van der Waals surface area contributed by atoms with Gasteiger partial charge in [0.25, 0.3) is 0 Å². The van der Waals surface area contributed by atoms with Crippen molar-refractivity contribution in [3.8, 4) is 5.69 Å². The lowest BCUT2D eigenvalue weighted by Crippen LogP contribution is -2.57. The fourth-order valence-corrected chi connectivity index (χ4v) is 13.0. The van der Waals surface area contributed by atoms with Gasteiger partial charge < -0.3 is 14.4 Å². The summed E-state index contributed by atoms with van der Waals surface area (Å²) in [6.45, 7) is 18.9. The van der Waals surface area contributed by atoms with E-state index in [1.54, 1.807) is 0 Å². The van der Waals surface area contributed by atoms with Crippen LogP contribution in [0.5, 0.6) is 0 Å². The minimum Gasteiger partial charge on any atom is -0.311 e. The van der Waals surface area contributed by atoms with Crippen LogP contribution in [-0.4, -0.2) is 11.3 Å². The highest BCUT2D eigenvalue weighted by Crippen LogP contribution is 2.59. The number of nitrogens with zero attached hydrogens (tertiary/aromatic N) is 3. The first-order chi connectivity index (χ1) is 31.8. The molecule has 3 nitrogen and oxygen atoms in total. The fraction of sp³-hybridized carbons (Fsp3) is 0.180. The average molecular weight is 870 g/mol. The van der Waals surface area contributed by atoms with Crippen molar-refractivity contribution in [2.75, 3.05) is 9.80 Å². The molecule has 0 spiro atoms. The Hall–Kier alpha value is -6.82. The van der Waals surface area contributed by atoms with E-state index in [0.29, 0.717) is 0 Å². The molecule has 13 rings (SSSR count). The van der Waals surface area contributed by atoms with Crippen LogP contribution in [0, 0.1) is 0 Å². The Morgan fingerprint density at radius 1 is 0.485 bits per heavy atom. The Morgan fingerprint density at radius 2 is 1.11 bits per heavy atom. The standard InChI is InChI=1S/C61H52BN3S/c1-59(2,3)39-26-31-48-45(34-39)46-35-40(60(4,5)6)27-32-49(46)63(48)43-29-30-47-52(36-43)64(42-28-25-37-17-12-13-18-38(37)33-42)50-22-16-23-51-55(50)62(47)57-56(65(51)41-19-10-9-11-20-41)54-44-21-14-15-24-53(44)66-58(54)61(57,7)8/h9-36H,1-8H3. The maximum absolute atomic E-state index is 2.60. The number of anilines is 5. The van der Waals surface area contributed by atoms with Crippen molar-refractivity contribution in [1.29, 1.82) is 0 Å². The van der Waals surface area contributed by atoms with Gasteiger partial charge in [-0.1, -0.05) is 152 Å². The molecule has 66 heavy (non-hydrogen) atoms. The normalized spacial score (nSPS) is 15.2. The summed E-state index contributed by atoms with van der Waals surface area (Å²) in [5, 5.41) is 6.42. The van der Waals surface area contributed by atoms with E-state index < -0.39 is 0 Å². The molecule has 0 unspecified atom stereocenters. The summed E-state index contributed by atoms with van der Waals surface area (Å²) in [7, 11) is 0. The molecule has 3 aliphatic rings. The van der Waals surface area contributed by atoms with Crippen LogP contribution in [0.1, 0.15) is 77.0 Å². The van der Waals surface area contributed by atoms with Crippen LogP contribution in [0.3, 0.4) is 0 Å². The first kappa shape index (κ1) is 39.5. The third-order valence-electron chi connectivity index (χ3n) is 15.0. The van der Waals surface area contributed by atoms with Gasteiger partial charge in [0.15, 0.2) is 0 Å². The monoisotopic (exact) mass is 869 g/mol. The van der Waals surface area contributed by atoms with Crippen molar-refractivity contribution >= 4 is 106 Å². The second kappa shape index (κ2) is 13.6. The maximum atomic E-state index is 2.60. The highest BCUT2D eigenvalue weighted by atomic mass is 32.1. The summed E-state index contributed by atoms with van der Waals surface area (Å²) in [5.41, 5.74) is 19.1. The van der Waals surface area contributed by atoms with Gasteiger partial charge in [0.2, 0.25) is 6.71 Å². The predicted octanol–water partition coefficient (Wildman–Crippen LogP) is 15.5. The quantitative estimate of drug-likeness (QED) is 0.164. The van der Waals surface area contributed by atoms with Crippen molar-refractivity contribution in [3.05, 3.63) is 197 Å². The molecule has 0 atom stereocenters. The molecule has 0 radical (unpaired) electrons. The van der Waals surface area contributed by atoms with Crippen molar-refractivity contribution in [2.24, 2.45) is 0 Å². The molecule has 320 valence electrons. The van der Waals surface area contributed by atoms with Crippen LogP contribution in [0.4, 0.5) is 28.4 Å². The Bertz CT molecular complexity index is 3650. The minimum absolute atomic E-state index is 0.0238. The third-order valence-corrected chi connectivity index (χ3v) is 16.5. The summed E-state index contributed by atoms with van der Waals surface area (Å²) in [4.78, 5) is 6.63. The number of thiophene rings is 1. The lowest BCUT2D eigenvalue weighted by Gasteiger charge is -2.46. The molecule has 10 aromatic rings. The summed E-state index contributed by atoms with van der Waals surface area (Å²) in [6, 6.07) is 64.7. The maximum Gasteiger partial charge on any atom is 0.248 e. The van der Waals surface area contributed by atoms with Gasteiger partial charge in [0, 0.05) is 76.5 Å². The number of fused-ring (bicyclic) bond motifs is 11. The molecule has 2 aromatic heterocycles. The first-order valence-electron chi connectivity index (χ1n) is 23.5. The number of allylic oxidation sites excluding steroid dienone is 1. The van der Waals surface area contributed by atoms with E-state index in [-0.39, 0.29) is 23.0 Å². The van der Waals surface area contributed by atoms with Gasteiger partial charge >= 0.3 is 0 Å². The molecular formula is C61H52BN3S. The molecule has 4 heterocycles. The molecule has 5 heteroatoms. The zero-order valence-corrected chi connectivity index (χ0v) is 39.8. The zero-order valence-electron chi connectivity index (χ0n) is 39.0. The van der Waals surface area contributed by atoms with Crippen LogP contribution in [0.2, 0.25) is 0 Å². The largest absolute Gasteiger partial charge is 0.311 e. The Morgan fingerprint density at radius 3 is 1.80 bits per heavy atom. The number of hydrogen-bond donors (Lipinski definition) is 0. The van der Waals surface area contributed by atoms with E-state index in [2.05, 4.69) is 240 Å². The van der Waals surface area contributed by atoms with Gasteiger partial charge in [-0.25, -0.2) is 0 Å². The summed E-state index contributed by atoms with van der Waals surface area (Å²) in [6.07, 6.45) is 0. The van der Waals surface area contributed by atoms with Gasteiger partial charge in [-0.2, -0.15) is 0 Å². The second-order valence-electron chi connectivity index (χ2n) is 21.4. The van der Waals surface area contributed by atoms with Crippen molar-refractivity contribution in [2.45, 2.75) is 71.6 Å². The number of para-hydroxylation sites is 1. The van der Waals surface area contributed by atoms with E-state index in [0.717, 1.165) is 11.4 Å². The molecule has 0 amide bonds. The molecule has 2 aliphatic heterocycles. The SMILES string of the molecule is CC(C)(C)c1ccc2c(c1)c1cc(C(C)(C)C)ccc1n2-c1ccc2c(c1)N(c1ccc3ccccc3c1)c1cccc3c1B2C1=C(c2c(sc4ccccc24)C1(C)C)N3c1ccccc1. The van der Waals surface area contributed by atoms with Gasteiger partial charge in [0.05, 0.1) is 11.0 Å². The van der Waals surface area contributed by atoms with Gasteiger partial charge in [-0.3, -0.25) is 0 Å². The van der Waals surface area contributed by atoms with Crippen molar-refractivity contribution in [1.82, 2.24) is 4.57 Å². The molecule has 0 bridgehead atoms. The van der Waals surface area contributed by atoms with E-state index in [1.807, 2.05) is 11.3 Å². The summed E-state index contributed by atoms with van der Waals surface area (Å²) >= 11 is 1.98. The summed E-state index contributed by atoms with van der Waals surface area (Å²) < 4.78 is 3.88. The molecule has 1 aliphatic carbocycles. The molecule has 0 saturated carbocycles. The van der Waals surface area contributed by atoms with Crippen LogP contribution >= 0.6 is 11.3 Å². The average Bonchev–Trinajstić information content (AvgIpc) is 3.94. The lowest BCUT2D eigenvalue weighted by atomic mass is 9.30. The molecule has 0 saturated heterocycles. The van der Waals surface area contributed by atoms with E-state index in [4.69, 9.17) is 0 Å².